The lowest BCUT2D eigenvalue weighted by atomic mass is 10.3. The SMILES string of the molecule is c1csc(CNC2=[NH+]CCC2)c1. The van der Waals surface area contributed by atoms with Gasteiger partial charge in [0.15, 0.2) is 0 Å². The maximum absolute atomic E-state index is 3.40. The zero-order chi connectivity index (χ0) is 8.23. The quantitative estimate of drug-likeness (QED) is 0.665. The van der Waals surface area contributed by atoms with Crippen LogP contribution in [0.1, 0.15) is 17.7 Å². The molecule has 1 aliphatic heterocycles. The molecule has 0 radical (unpaired) electrons. The number of hydrogen-bond donors (Lipinski definition) is 2. The molecule has 0 amide bonds. The van der Waals surface area contributed by atoms with Gasteiger partial charge in [-0.3, -0.25) is 10.3 Å². The first-order chi connectivity index (χ1) is 5.95. The molecule has 3 heteroatoms. The summed E-state index contributed by atoms with van der Waals surface area (Å²) in [6.45, 7) is 2.10. The van der Waals surface area contributed by atoms with Gasteiger partial charge in [0.2, 0.25) is 5.84 Å². The zero-order valence-corrected chi connectivity index (χ0v) is 7.79. The third-order valence-corrected chi connectivity index (χ3v) is 2.87. The molecule has 2 N–H and O–H groups in total. The average Bonchev–Trinajstić information content (AvgIpc) is 2.74. The standard InChI is InChI=1S/C9H12N2S/c1-4-9(10-5-1)11-7-8-3-2-6-12-8/h2-3,6H,1,4-5,7H2,(H,10,11)/p+1. The highest BCUT2D eigenvalue weighted by Gasteiger charge is 2.11. The molecule has 0 aliphatic carbocycles. The van der Waals surface area contributed by atoms with Crippen molar-refractivity contribution in [3.05, 3.63) is 22.4 Å². The van der Waals surface area contributed by atoms with Gasteiger partial charge in [0.25, 0.3) is 0 Å². The third kappa shape index (κ3) is 1.85. The monoisotopic (exact) mass is 181 g/mol. The molecule has 1 aromatic heterocycles. The van der Waals surface area contributed by atoms with Crippen LogP contribution in [-0.2, 0) is 6.54 Å². The van der Waals surface area contributed by atoms with E-state index in [1.807, 2.05) is 0 Å². The van der Waals surface area contributed by atoms with E-state index in [0.717, 1.165) is 13.1 Å². The van der Waals surface area contributed by atoms with E-state index in [-0.39, 0.29) is 0 Å². The van der Waals surface area contributed by atoms with Gasteiger partial charge in [-0.2, -0.15) is 0 Å². The van der Waals surface area contributed by atoms with E-state index < -0.39 is 0 Å². The highest BCUT2D eigenvalue weighted by molar-refractivity contribution is 7.09. The largest absolute Gasteiger partial charge is 0.279 e. The number of nitrogens with one attached hydrogen (secondary N) is 2. The maximum Gasteiger partial charge on any atom is 0.242 e. The molecule has 12 heavy (non-hydrogen) atoms. The molecule has 0 bridgehead atoms. The van der Waals surface area contributed by atoms with Gasteiger partial charge in [0, 0.05) is 4.88 Å². The van der Waals surface area contributed by atoms with Crippen molar-refractivity contribution in [2.75, 3.05) is 6.54 Å². The summed E-state index contributed by atoms with van der Waals surface area (Å²) in [6.07, 6.45) is 2.46. The predicted molar refractivity (Wildman–Crippen MR) is 51.2 cm³/mol. The fourth-order valence-electron chi connectivity index (χ4n) is 1.35. The molecule has 0 aromatic carbocycles. The molecule has 2 nitrogen and oxygen atoms in total. The Hall–Kier alpha value is -0.830. The minimum Gasteiger partial charge on any atom is -0.279 e. The van der Waals surface area contributed by atoms with Crippen molar-refractivity contribution >= 4 is 17.2 Å². The van der Waals surface area contributed by atoms with Crippen LogP contribution < -0.4 is 10.3 Å². The fraction of sp³-hybridized carbons (Fsp3) is 0.444. The van der Waals surface area contributed by atoms with Crippen LogP contribution in [0.15, 0.2) is 17.5 Å². The second-order valence-corrected chi connectivity index (χ2v) is 3.97. The maximum atomic E-state index is 3.40. The highest BCUT2D eigenvalue weighted by Crippen LogP contribution is 2.07. The third-order valence-electron chi connectivity index (χ3n) is 2.00. The molecule has 2 heterocycles. The molecule has 0 saturated carbocycles. The Morgan fingerprint density at radius 2 is 2.58 bits per heavy atom. The first-order valence-corrected chi connectivity index (χ1v) is 5.19. The Bertz CT molecular complexity index is 264. The van der Waals surface area contributed by atoms with Crippen molar-refractivity contribution in [2.24, 2.45) is 0 Å². The van der Waals surface area contributed by atoms with E-state index in [2.05, 4.69) is 27.8 Å². The molecule has 0 saturated heterocycles. The van der Waals surface area contributed by atoms with Crippen molar-refractivity contribution < 1.29 is 4.99 Å². The Morgan fingerprint density at radius 3 is 3.25 bits per heavy atom. The van der Waals surface area contributed by atoms with E-state index in [0.29, 0.717) is 0 Å². The van der Waals surface area contributed by atoms with Crippen LogP contribution in [0.4, 0.5) is 0 Å². The van der Waals surface area contributed by atoms with Crippen molar-refractivity contribution in [3.63, 3.8) is 0 Å². The van der Waals surface area contributed by atoms with E-state index in [1.54, 1.807) is 11.3 Å². The molecule has 1 aliphatic rings. The summed E-state index contributed by atoms with van der Waals surface area (Å²) in [5.41, 5.74) is 0. The summed E-state index contributed by atoms with van der Waals surface area (Å²) in [4.78, 5) is 4.73. The van der Waals surface area contributed by atoms with Crippen LogP contribution in [0.3, 0.4) is 0 Å². The van der Waals surface area contributed by atoms with Gasteiger partial charge >= 0.3 is 0 Å². The molecular formula is C9H13N2S+. The van der Waals surface area contributed by atoms with Crippen molar-refractivity contribution in [3.8, 4) is 0 Å². The highest BCUT2D eigenvalue weighted by atomic mass is 32.1. The van der Waals surface area contributed by atoms with Crippen LogP contribution in [-0.4, -0.2) is 12.4 Å². The summed E-state index contributed by atoms with van der Waals surface area (Å²) >= 11 is 1.80. The van der Waals surface area contributed by atoms with Gasteiger partial charge in [-0.05, 0) is 17.9 Å². The number of thiophene rings is 1. The molecule has 0 spiro atoms. The summed E-state index contributed by atoms with van der Waals surface area (Å²) in [5, 5.41) is 5.51. The molecule has 0 unspecified atom stereocenters. The molecule has 0 fully saturated rings. The van der Waals surface area contributed by atoms with Gasteiger partial charge < -0.3 is 0 Å². The second kappa shape index (κ2) is 3.72. The lowest BCUT2D eigenvalue weighted by Gasteiger charge is -1.94. The molecule has 1 aromatic rings. The van der Waals surface area contributed by atoms with Crippen molar-refractivity contribution in [1.82, 2.24) is 5.32 Å². The van der Waals surface area contributed by atoms with Crippen molar-refractivity contribution in [2.45, 2.75) is 19.4 Å². The summed E-state index contributed by atoms with van der Waals surface area (Å²) in [5.74, 6) is 1.31. The van der Waals surface area contributed by atoms with Crippen LogP contribution >= 0.6 is 11.3 Å². The average molecular weight is 181 g/mol. The van der Waals surface area contributed by atoms with Crippen LogP contribution in [0.5, 0.6) is 0 Å². The summed E-state index contributed by atoms with van der Waals surface area (Å²) in [7, 11) is 0. The topological polar surface area (TPSA) is 26.0 Å². The predicted octanol–water partition coefficient (Wildman–Crippen LogP) is 0.111. The lowest BCUT2D eigenvalue weighted by Crippen LogP contribution is -2.72. The second-order valence-electron chi connectivity index (χ2n) is 2.94. The normalized spacial score (nSPS) is 16.2. The van der Waals surface area contributed by atoms with E-state index in [1.165, 1.54) is 23.6 Å². The van der Waals surface area contributed by atoms with Gasteiger partial charge in [0.1, 0.15) is 6.54 Å². The van der Waals surface area contributed by atoms with Gasteiger partial charge in [0.05, 0.1) is 13.0 Å². The zero-order valence-electron chi connectivity index (χ0n) is 6.97. The van der Waals surface area contributed by atoms with Gasteiger partial charge in [-0.15, -0.1) is 11.3 Å². The molecule has 64 valence electrons. The van der Waals surface area contributed by atoms with E-state index in [4.69, 9.17) is 0 Å². The number of rotatable bonds is 2. The van der Waals surface area contributed by atoms with Gasteiger partial charge in [-0.25, -0.2) is 0 Å². The molecule has 0 atom stereocenters. The van der Waals surface area contributed by atoms with Crippen LogP contribution in [0.25, 0.3) is 0 Å². The number of amidine groups is 1. The lowest BCUT2D eigenvalue weighted by molar-refractivity contribution is -0.449. The van der Waals surface area contributed by atoms with Crippen LogP contribution in [0, 0.1) is 0 Å². The van der Waals surface area contributed by atoms with E-state index >= 15 is 0 Å². The molecule has 2 rings (SSSR count). The first kappa shape index (κ1) is 7.80. The number of hydrogen-bond acceptors (Lipinski definition) is 2. The van der Waals surface area contributed by atoms with Crippen molar-refractivity contribution in [1.29, 1.82) is 0 Å². The Labute approximate surface area is 76.3 Å². The fourth-order valence-corrected chi connectivity index (χ4v) is 2.00. The summed E-state index contributed by atoms with van der Waals surface area (Å²) < 4.78 is 0. The minimum atomic E-state index is 0.972. The molecular weight excluding hydrogens is 168 g/mol. The first-order valence-electron chi connectivity index (χ1n) is 4.31. The smallest absolute Gasteiger partial charge is 0.242 e. The van der Waals surface area contributed by atoms with Gasteiger partial charge in [-0.1, -0.05) is 6.07 Å². The summed E-state index contributed by atoms with van der Waals surface area (Å²) in [6, 6.07) is 4.25. The Kier molecular flexibility index (Phi) is 2.42. The minimum absolute atomic E-state index is 0.972. The van der Waals surface area contributed by atoms with E-state index in [9.17, 15) is 0 Å². The Balaban J connectivity index is 1.82. The Morgan fingerprint density at radius 1 is 1.58 bits per heavy atom. The van der Waals surface area contributed by atoms with Crippen LogP contribution in [0.2, 0.25) is 0 Å².